The van der Waals surface area contributed by atoms with Gasteiger partial charge >= 0.3 is 5.97 Å². The second kappa shape index (κ2) is 6.69. The van der Waals surface area contributed by atoms with Crippen LogP contribution < -0.4 is 4.74 Å². The minimum Gasteiger partial charge on any atom is -0.497 e. The second-order valence-electron chi connectivity index (χ2n) is 5.31. The van der Waals surface area contributed by atoms with Gasteiger partial charge in [-0.25, -0.2) is 9.48 Å². The first kappa shape index (κ1) is 16.0. The van der Waals surface area contributed by atoms with E-state index >= 15 is 0 Å². The zero-order valence-corrected chi connectivity index (χ0v) is 13.8. The van der Waals surface area contributed by atoms with Gasteiger partial charge in [-0.1, -0.05) is 6.92 Å². The van der Waals surface area contributed by atoms with E-state index in [0.717, 1.165) is 11.8 Å². The summed E-state index contributed by atoms with van der Waals surface area (Å²) in [4.78, 5) is 12.3. The van der Waals surface area contributed by atoms with Crippen molar-refractivity contribution >= 4 is 16.9 Å². The Morgan fingerprint density at radius 1 is 1.38 bits per heavy atom. The molecule has 0 bridgehead atoms. The molecule has 0 aliphatic carbocycles. The first-order valence-electron chi connectivity index (χ1n) is 7.63. The van der Waals surface area contributed by atoms with E-state index in [1.165, 1.54) is 0 Å². The van der Waals surface area contributed by atoms with Crippen LogP contribution in [0, 0.1) is 6.92 Å². The van der Waals surface area contributed by atoms with Crippen molar-refractivity contribution in [3.8, 4) is 5.75 Å². The van der Waals surface area contributed by atoms with Crippen molar-refractivity contribution in [2.45, 2.75) is 33.4 Å². The van der Waals surface area contributed by atoms with E-state index < -0.39 is 5.97 Å². The van der Waals surface area contributed by atoms with Crippen molar-refractivity contribution in [1.29, 1.82) is 0 Å². The SMILES string of the molecule is CCCn1nnnc1COC(=O)c1oc2ccc(OC)cc2c1C. The zero-order valence-electron chi connectivity index (χ0n) is 13.8. The van der Waals surface area contributed by atoms with E-state index in [-0.39, 0.29) is 12.4 Å². The highest BCUT2D eigenvalue weighted by molar-refractivity contribution is 5.96. The smallest absolute Gasteiger partial charge is 0.375 e. The summed E-state index contributed by atoms with van der Waals surface area (Å²) in [5.41, 5.74) is 1.32. The third kappa shape index (κ3) is 2.94. The van der Waals surface area contributed by atoms with Crippen LogP contribution in [0.3, 0.4) is 0 Å². The number of aryl methyl sites for hydroxylation is 2. The quantitative estimate of drug-likeness (QED) is 0.641. The van der Waals surface area contributed by atoms with Gasteiger partial charge in [0, 0.05) is 17.5 Å². The lowest BCUT2D eigenvalue weighted by Gasteiger charge is -2.04. The molecular formula is C16H18N4O4. The second-order valence-corrected chi connectivity index (χ2v) is 5.31. The van der Waals surface area contributed by atoms with Gasteiger partial charge < -0.3 is 13.9 Å². The van der Waals surface area contributed by atoms with Gasteiger partial charge in [-0.2, -0.15) is 0 Å². The predicted molar refractivity (Wildman–Crippen MR) is 84.7 cm³/mol. The standard InChI is InChI=1S/C16H18N4O4/c1-4-7-20-14(17-18-19-20)9-23-16(21)15-10(2)12-8-11(22-3)5-6-13(12)24-15/h5-6,8H,4,7,9H2,1-3H3. The van der Waals surface area contributed by atoms with E-state index in [1.807, 2.05) is 19.9 Å². The molecule has 0 atom stereocenters. The number of carbonyl (C=O) groups excluding carboxylic acids is 1. The number of ether oxygens (including phenoxy) is 2. The van der Waals surface area contributed by atoms with Crippen LogP contribution in [0.15, 0.2) is 22.6 Å². The van der Waals surface area contributed by atoms with Crippen molar-refractivity contribution in [3.05, 3.63) is 35.3 Å². The number of fused-ring (bicyclic) bond motifs is 1. The maximum absolute atomic E-state index is 12.3. The van der Waals surface area contributed by atoms with E-state index in [9.17, 15) is 4.79 Å². The van der Waals surface area contributed by atoms with Crippen molar-refractivity contribution in [1.82, 2.24) is 20.2 Å². The van der Waals surface area contributed by atoms with Crippen molar-refractivity contribution in [3.63, 3.8) is 0 Å². The highest BCUT2D eigenvalue weighted by atomic mass is 16.5. The molecule has 0 amide bonds. The molecule has 0 aliphatic rings. The average Bonchev–Trinajstić information content (AvgIpc) is 3.17. The fraction of sp³-hybridized carbons (Fsp3) is 0.375. The van der Waals surface area contributed by atoms with Gasteiger partial charge in [-0.15, -0.1) is 5.10 Å². The third-order valence-corrected chi connectivity index (χ3v) is 3.70. The molecule has 3 aromatic rings. The van der Waals surface area contributed by atoms with E-state index in [1.54, 1.807) is 23.9 Å². The number of hydrogen-bond acceptors (Lipinski definition) is 7. The summed E-state index contributed by atoms with van der Waals surface area (Å²) in [5.74, 6) is 0.826. The molecule has 8 heteroatoms. The lowest BCUT2D eigenvalue weighted by molar-refractivity contribution is 0.0421. The maximum Gasteiger partial charge on any atom is 0.375 e. The normalized spacial score (nSPS) is 11.0. The molecule has 0 saturated carbocycles. The Morgan fingerprint density at radius 2 is 2.21 bits per heavy atom. The molecule has 2 aromatic heterocycles. The first-order valence-corrected chi connectivity index (χ1v) is 7.63. The molecule has 2 heterocycles. The Labute approximate surface area is 138 Å². The number of tetrazole rings is 1. The number of carbonyl (C=O) groups is 1. The summed E-state index contributed by atoms with van der Waals surface area (Å²) in [6, 6.07) is 5.37. The fourth-order valence-electron chi connectivity index (χ4n) is 2.43. The lowest BCUT2D eigenvalue weighted by Crippen LogP contribution is -2.11. The monoisotopic (exact) mass is 330 g/mol. The molecule has 0 unspecified atom stereocenters. The van der Waals surface area contributed by atoms with E-state index in [4.69, 9.17) is 13.9 Å². The Morgan fingerprint density at radius 3 is 2.96 bits per heavy atom. The minimum atomic E-state index is -0.547. The van der Waals surface area contributed by atoms with Crippen molar-refractivity contribution in [2.24, 2.45) is 0 Å². The number of nitrogens with zero attached hydrogens (tertiary/aromatic N) is 4. The number of furan rings is 1. The van der Waals surface area contributed by atoms with Gasteiger partial charge in [0.2, 0.25) is 5.76 Å². The molecule has 126 valence electrons. The molecule has 0 radical (unpaired) electrons. The molecule has 0 aliphatic heterocycles. The lowest BCUT2D eigenvalue weighted by atomic mass is 10.1. The van der Waals surface area contributed by atoms with Crippen LogP contribution >= 0.6 is 0 Å². The first-order chi connectivity index (χ1) is 11.6. The van der Waals surface area contributed by atoms with Crippen LogP contribution in [0.25, 0.3) is 11.0 Å². The highest BCUT2D eigenvalue weighted by Gasteiger charge is 2.20. The minimum absolute atomic E-state index is 0.00829. The van der Waals surface area contributed by atoms with Crippen LogP contribution in [0.4, 0.5) is 0 Å². The van der Waals surface area contributed by atoms with Crippen LogP contribution in [0.2, 0.25) is 0 Å². The van der Waals surface area contributed by atoms with E-state index in [2.05, 4.69) is 15.5 Å². The van der Waals surface area contributed by atoms with Crippen LogP contribution in [-0.2, 0) is 17.9 Å². The largest absolute Gasteiger partial charge is 0.497 e. The molecule has 3 rings (SSSR count). The predicted octanol–water partition coefficient (Wildman–Crippen LogP) is 2.50. The van der Waals surface area contributed by atoms with Crippen LogP contribution in [0.1, 0.15) is 35.3 Å². The molecule has 0 saturated heterocycles. The summed E-state index contributed by atoms with van der Waals surface area (Å²) < 4.78 is 17.7. The molecule has 8 nitrogen and oxygen atoms in total. The molecular weight excluding hydrogens is 312 g/mol. The summed E-state index contributed by atoms with van der Waals surface area (Å²) in [7, 11) is 1.59. The van der Waals surface area contributed by atoms with Gasteiger partial charge in [0.15, 0.2) is 12.4 Å². The average molecular weight is 330 g/mol. The Bertz CT molecular complexity index is 868. The number of esters is 1. The molecule has 1 aromatic carbocycles. The molecule has 24 heavy (non-hydrogen) atoms. The van der Waals surface area contributed by atoms with Crippen molar-refractivity contribution < 1.29 is 18.7 Å². The molecule has 0 N–H and O–H groups in total. The van der Waals surface area contributed by atoms with Gasteiger partial charge in [0.25, 0.3) is 0 Å². The Hall–Kier alpha value is -2.90. The summed E-state index contributed by atoms with van der Waals surface area (Å²) in [6.45, 7) is 4.49. The summed E-state index contributed by atoms with van der Waals surface area (Å²) in [6.07, 6.45) is 0.885. The highest BCUT2D eigenvalue weighted by Crippen LogP contribution is 2.29. The number of benzene rings is 1. The number of rotatable bonds is 6. The van der Waals surface area contributed by atoms with Gasteiger partial charge in [0.1, 0.15) is 11.3 Å². The van der Waals surface area contributed by atoms with E-state index in [0.29, 0.717) is 29.3 Å². The third-order valence-electron chi connectivity index (χ3n) is 3.70. The summed E-state index contributed by atoms with van der Waals surface area (Å²) >= 11 is 0. The zero-order chi connectivity index (χ0) is 17.1. The van der Waals surface area contributed by atoms with Crippen LogP contribution in [0.5, 0.6) is 5.75 Å². The van der Waals surface area contributed by atoms with Gasteiger partial charge in [-0.05, 0) is 42.0 Å². The number of hydrogen-bond donors (Lipinski definition) is 0. The summed E-state index contributed by atoms with van der Waals surface area (Å²) in [5, 5.41) is 12.1. The van der Waals surface area contributed by atoms with Crippen LogP contribution in [-0.4, -0.2) is 33.3 Å². The van der Waals surface area contributed by atoms with Crippen molar-refractivity contribution in [2.75, 3.05) is 7.11 Å². The maximum atomic E-state index is 12.3. The Balaban J connectivity index is 1.78. The molecule has 0 fully saturated rings. The van der Waals surface area contributed by atoms with Gasteiger partial charge in [-0.3, -0.25) is 0 Å². The van der Waals surface area contributed by atoms with Gasteiger partial charge in [0.05, 0.1) is 7.11 Å². The fourth-order valence-corrected chi connectivity index (χ4v) is 2.43. The molecule has 0 spiro atoms. The Kier molecular flexibility index (Phi) is 4.45. The topological polar surface area (TPSA) is 92.3 Å². The number of aromatic nitrogens is 4. The number of methoxy groups -OCH3 is 1.